The Hall–Kier alpha value is -0.593. The number of hydrogen-bond donors (Lipinski definition) is 0. The second-order valence-corrected chi connectivity index (χ2v) is 5.07. The molecule has 2 nitrogen and oxygen atoms in total. The first-order valence-corrected chi connectivity index (χ1v) is 4.28. The molecule has 0 aliphatic heterocycles. The van der Waals surface area contributed by atoms with Crippen molar-refractivity contribution in [1.29, 1.82) is 0 Å². The molecule has 0 atom stereocenters. The van der Waals surface area contributed by atoms with Crippen molar-refractivity contribution in [2.24, 2.45) is 0 Å². The van der Waals surface area contributed by atoms with Crippen LogP contribution in [-0.2, 0) is 9.22 Å². The topological polar surface area (TPSA) is 26.3 Å². The van der Waals surface area contributed by atoms with Crippen LogP contribution in [-0.4, -0.2) is 22.7 Å². The van der Waals surface area contributed by atoms with Crippen molar-refractivity contribution in [3.05, 3.63) is 0 Å². The number of aldehydes is 1. The quantitative estimate of drug-likeness (QED) is 0.266. The monoisotopic (exact) mass is 168 g/mol. The van der Waals surface area contributed by atoms with Crippen LogP contribution >= 0.6 is 0 Å². The Morgan fingerprint density at radius 3 is 2.64 bits per heavy atom. The van der Waals surface area contributed by atoms with Gasteiger partial charge in [0.2, 0.25) is 9.76 Å². The summed E-state index contributed by atoms with van der Waals surface area (Å²) in [5.74, 6) is 4.86. The summed E-state index contributed by atoms with van der Waals surface area (Å²) < 4.78 is 5.20. The molecule has 0 saturated heterocycles. The van der Waals surface area contributed by atoms with E-state index in [1.165, 1.54) is 0 Å². The molecule has 2 radical (unpaired) electrons. The molecule has 0 fully saturated rings. The summed E-state index contributed by atoms with van der Waals surface area (Å²) in [6.45, 7) is 6.64. The second kappa shape index (κ2) is 5.11. The van der Waals surface area contributed by atoms with Crippen LogP contribution in [0.2, 0.25) is 5.04 Å². The third kappa shape index (κ3) is 9.41. The molecule has 0 amide bonds. The third-order valence-electron chi connectivity index (χ3n) is 0.684. The fraction of sp³-hybridized carbons (Fsp3) is 0.625. The lowest BCUT2D eigenvalue weighted by atomic mass is 10.3. The lowest BCUT2D eigenvalue weighted by Crippen LogP contribution is -2.12. The summed E-state index contributed by atoms with van der Waals surface area (Å²) >= 11 is 0. The minimum Gasteiger partial charge on any atom is -0.406 e. The van der Waals surface area contributed by atoms with Gasteiger partial charge in [0.05, 0.1) is 6.61 Å². The van der Waals surface area contributed by atoms with E-state index in [-0.39, 0.29) is 5.04 Å². The number of rotatable bonds is 2. The SMILES string of the molecule is CC(C)(C)[Si]OCC#CC=O. The molecule has 0 rings (SSSR count). The van der Waals surface area contributed by atoms with E-state index in [2.05, 4.69) is 32.6 Å². The molecule has 0 N–H and O–H groups in total. The second-order valence-electron chi connectivity index (χ2n) is 3.08. The van der Waals surface area contributed by atoms with Gasteiger partial charge in [-0.15, -0.1) is 0 Å². The number of carbonyl (C=O) groups excluding carboxylic acids is 1. The standard InChI is InChI=1S/C8H12O2Si/c1-8(2,3)11-10-7-5-4-6-9/h6H,7H2,1-3H3. The molecule has 0 aromatic carbocycles. The van der Waals surface area contributed by atoms with Gasteiger partial charge in [0, 0.05) is 0 Å². The lowest BCUT2D eigenvalue weighted by molar-refractivity contribution is -0.103. The van der Waals surface area contributed by atoms with E-state index in [1.807, 2.05) is 0 Å². The Kier molecular flexibility index (Phi) is 4.83. The molecule has 0 spiro atoms. The average molecular weight is 168 g/mol. The van der Waals surface area contributed by atoms with Crippen LogP contribution in [0.5, 0.6) is 0 Å². The lowest BCUT2D eigenvalue weighted by Gasteiger charge is -2.13. The van der Waals surface area contributed by atoms with E-state index < -0.39 is 0 Å². The van der Waals surface area contributed by atoms with Gasteiger partial charge in [-0.3, -0.25) is 4.79 Å². The molecule has 0 bridgehead atoms. The summed E-state index contributed by atoms with van der Waals surface area (Å²) in [6.07, 6.45) is 0.573. The maximum absolute atomic E-state index is 9.74. The molecular formula is C8H12O2Si. The molecule has 0 unspecified atom stereocenters. The molecule has 0 aromatic heterocycles. The highest BCUT2D eigenvalue weighted by Crippen LogP contribution is 2.19. The van der Waals surface area contributed by atoms with Crippen molar-refractivity contribution in [3.63, 3.8) is 0 Å². The van der Waals surface area contributed by atoms with Crippen molar-refractivity contribution < 1.29 is 9.22 Å². The van der Waals surface area contributed by atoms with Crippen LogP contribution in [0.3, 0.4) is 0 Å². The van der Waals surface area contributed by atoms with Crippen LogP contribution < -0.4 is 0 Å². The zero-order valence-corrected chi connectivity index (χ0v) is 8.10. The largest absolute Gasteiger partial charge is 0.406 e. The van der Waals surface area contributed by atoms with Gasteiger partial charge in [-0.05, 0) is 11.0 Å². The van der Waals surface area contributed by atoms with Crippen LogP contribution in [0.15, 0.2) is 0 Å². The van der Waals surface area contributed by atoms with Crippen molar-refractivity contribution in [2.75, 3.05) is 6.61 Å². The van der Waals surface area contributed by atoms with Crippen LogP contribution in [0, 0.1) is 11.8 Å². The maximum Gasteiger partial charge on any atom is 0.237 e. The number of hydrogen-bond acceptors (Lipinski definition) is 2. The van der Waals surface area contributed by atoms with Crippen LogP contribution in [0.4, 0.5) is 0 Å². The summed E-state index contributed by atoms with van der Waals surface area (Å²) in [4.78, 5) is 9.74. The third-order valence-corrected chi connectivity index (χ3v) is 1.58. The van der Waals surface area contributed by atoms with Crippen molar-refractivity contribution in [2.45, 2.75) is 25.8 Å². The van der Waals surface area contributed by atoms with Crippen LogP contribution in [0.25, 0.3) is 0 Å². The fourth-order valence-corrected chi connectivity index (χ4v) is 0.949. The van der Waals surface area contributed by atoms with E-state index in [0.29, 0.717) is 22.7 Å². The van der Waals surface area contributed by atoms with Crippen molar-refractivity contribution in [1.82, 2.24) is 0 Å². The predicted molar refractivity (Wildman–Crippen MR) is 45.3 cm³/mol. The Morgan fingerprint density at radius 1 is 1.55 bits per heavy atom. The first kappa shape index (κ1) is 10.4. The van der Waals surface area contributed by atoms with Gasteiger partial charge in [0.1, 0.15) is 0 Å². The van der Waals surface area contributed by atoms with Crippen molar-refractivity contribution >= 4 is 16.0 Å². The van der Waals surface area contributed by atoms with E-state index in [1.54, 1.807) is 0 Å². The molecule has 0 aliphatic carbocycles. The van der Waals surface area contributed by atoms with E-state index in [0.717, 1.165) is 0 Å². The summed E-state index contributed by atoms with van der Waals surface area (Å²) in [5, 5.41) is 0.197. The Balaban J connectivity index is 3.35. The van der Waals surface area contributed by atoms with E-state index in [9.17, 15) is 4.79 Å². The molecule has 0 heterocycles. The van der Waals surface area contributed by atoms with Gasteiger partial charge >= 0.3 is 0 Å². The first-order chi connectivity index (χ1) is 5.06. The van der Waals surface area contributed by atoms with Gasteiger partial charge in [-0.2, -0.15) is 0 Å². The highest BCUT2D eigenvalue weighted by Gasteiger charge is 2.11. The van der Waals surface area contributed by atoms with Gasteiger partial charge in [0.15, 0.2) is 6.29 Å². The van der Waals surface area contributed by atoms with Crippen LogP contribution in [0.1, 0.15) is 20.8 Å². The van der Waals surface area contributed by atoms with E-state index in [4.69, 9.17) is 4.43 Å². The summed E-state index contributed by atoms with van der Waals surface area (Å²) in [6, 6.07) is 0. The van der Waals surface area contributed by atoms with Gasteiger partial charge in [-0.1, -0.05) is 26.7 Å². The normalized spacial score (nSPS) is 10.1. The summed E-state index contributed by atoms with van der Waals surface area (Å²) in [7, 11) is 0.434. The predicted octanol–water partition coefficient (Wildman–Crippen LogP) is 1.04. The van der Waals surface area contributed by atoms with Crippen molar-refractivity contribution in [3.8, 4) is 11.8 Å². The minimum absolute atomic E-state index is 0.197. The molecule has 3 heteroatoms. The van der Waals surface area contributed by atoms with Gasteiger partial charge in [-0.25, -0.2) is 0 Å². The zero-order valence-electron chi connectivity index (χ0n) is 7.10. The Morgan fingerprint density at radius 2 is 2.18 bits per heavy atom. The molecule has 0 aliphatic rings. The smallest absolute Gasteiger partial charge is 0.237 e. The molecule has 11 heavy (non-hydrogen) atoms. The molecular weight excluding hydrogens is 156 g/mol. The van der Waals surface area contributed by atoms with E-state index >= 15 is 0 Å². The molecule has 60 valence electrons. The Bertz CT molecular complexity index is 171. The summed E-state index contributed by atoms with van der Waals surface area (Å²) in [5.41, 5.74) is 0. The highest BCUT2D eigenvalue weighted by molar-refractivity contribution is 6.31. The average Bonchev–Trinajstić information content (AvgIpc) is 1.85. The minimum atomic E-state index is 0.197. The highest BCUT2D eigenvalue weighted by atomic mass is 28.2. The molecule has 0 aromatic rings. The van der Waals surface area contributed by atoms with Gasteiger partial charge < -0.3 is 4.43 Å². The first-order valence-electron chi connectivity index (χ1n) is 3.37. The van der Waals surface area contributed by atoms with Gasteiger partial charge in [0.25, 0.3) is 0 Å². The number of carbonyl (C=O) groups is 1. The Labute approximate surface area is 70.3 Å². The zero-order chi connectivity index (χ0) is 8.74. The fourth-order valence-electron chi connectivity index (χ4n) is 0.372. The maximum atomic E-state index is 9.74. The molecule has 0 saturated carbocycles.